The van der Waals surface area contributed by atoms with Gasteiger partial charge in [0.2, 0.25) is 5.91 Å². The Balaban J connectivity index is 2.67. The molecule has 2 rings (SSSR count). The Morgan fingerprint density at radius 2 is 2.11 bits per heavy atom. The van der Waals surface area contributed by atoms with E-state index in [4.69, 9.17) is 0 Å². The first-order valence-electron chi connectivity index (χ1n) is 5.82. The number of hydrogen-bond acceptors (Lipinski definition) is 3. The molecule has 0 unspecified atom stereocenters. The van der Waals surface area contributed by atoms with Crippen molar-refractivity contribution >= 4 is 17.2 Å². The van der Waals surface area contributed by atoms with E-state index in [-0.39, 0.29) is 17.2 Å². The molecule has 0 saturated heterocycles. The Kier molecular flexibility index (Phi) is 3.14. The van der Waals surface area contributed by atoms with Crippen LogP contribution in [0, 0.1) is 13.8 Å². The highest BCUT2D eigenvalue weighted by atomic mass is 16.2. The molecule has 5 heteroatoms. The molecule has 1 amide bonds. The lowest BCUT2D eigenvalue weighted by Crippen LogP contribution is -2.24. The highest BCUT2D eigenvalue weighted by Crippen LogP contribution is 2.09. The van der Waals surface area contributed by atoms with E-state index in [0.29, 0.717) is 17.8 Å². The van der Waals surface area contributed by atoms with Gasteiger partial charge in [-0.3, -0.25) is 14.0 Å². The standard InChI is InChI=1S/C13H15N3O2/c1-4-11(17)15-12-9(3)14-10-6-5-8(2)7-16(10)13(12)18/h5-7H,4H2,1-3H3,(H,15,17). The van der Waals surface area contributed by atoms with E-state index >= 15 is 0 Å². The molecule has 0 aliphatic carbocycles. The summed E-state index contributed by atoms with van der Waals surface area (Å²) in [6, 6.07) is 3.68. The highest BCUT2D eigenvalue weighted by molar-refractivity contribution is 5.90. The van der Waals surface area contributed by atoms with Gasteiger partial charge in [-0.25, -0.2) is 4.98 Å². The van der Waals surface area contributed by atoms with E-state index in [1.165, 1.54) is 4.40 Å². The van der Waals surface area contributed by atoms with Crippen LogP contribution in [0.2, 0.25) is 0 Å². The van der Waals surface area contributed by atoms with E-state index in [1.807, 2.05) is 13.0 Å². The minimum Gasteiger partial charge on any atom is -0.320 e. The molecule has 0 radical (unpaired) electrons. The molecule has 94 valence electrons. The third-order valence-electron chi connectivity index (χ3n) is 2.74. The summed E-state index contributed by atoms with van der Waals surface area (Å²) in [6.45, 7) is 5.35. The maximum absolute atomic E-state index is 12.3. The van der Waals surface area contributed by atoms with Gasteiger partial charge in [0.05, 0.1) is 5.69 Å². The second-order valence-electron chi connectivity index (χ2n) is 4.21. The van der Waals surface area contributed by atoms with Crippen LogP contribution in [0.15, 0.2) is 23.1 Å². The number of hydrogen-bond donors (Lipinski definition) is 1. The fourth-order valence-corrected chi connectivity index (χ4v) is 1.73. The SMILES string of the molecule is CCC(=O)Nc1c(C)nc2ccc(C)cn2c1=O. The molecule has 0 atom stereocenters. The average Bonchev–Trinajstić information content (AvgIpc) is 2.35. The number of fused-ring (bicyclic) bond motifs is 1. The van der Waals surface area contributed by atoms with Gasteiger partial charge >= 0.3 is 0 Å². The summed E-state index contributed by atoms with van der Waals surface area (Å²) < 4.78 is 1.45. The molecule has 0 saturated carbocycles. The van der Waals surface area contributed by atoms with Crippen molar-refractivity contribution in [1.82, 2.24) is 9.38 Å². The number of carbonyl (C=O) groups excluding carboxylic acids is 1. The predicted octanol–water partition coefficient (Wildman–Crippen LogP) is 1.66. The summed E-state index contributed by atoms with van der Waals surface area (Å²) in [6.07, 6.45) is 2.04. The summed E-state index contributed by atoms with van der Waals surface area (Å²) in [5, 5.41) is 2.60. The minimum atomic E-state index is -0.247. The minimum absolute atomic E-state index is 0.190. The smallest absolute Gasteiger partial charge is 0.281 e. The zero-order chi connectivity index (χ0) is 13.3. The summed E-state index contributed by atoms with van der Waals surface area (Å²) in [5.41, 5.74) is 2.08. The fraction of sp³-hybridized carbons (Fsp3) is 0.308. The average molecular weight is 245 g/mol. The van der Waals surface area contributed by atoms with Crippen molar-refractivity contribution in [1.29, 1.82) is 0 Å². The summed E-state index contributed by atoms with van der Waals surface area (Å²) in [4.78, 5) is 28.0. The second kappa shape index (κ2) is 4.60. The van der Waals surface area contributed by atoms with Crippen molar-refractivity contribution in [3.8, 4) is 0 Å². The number of nitrogens with zero attached hydrogens (tertiary/aromatic N) is 2. The normalized spacial score (nSPS) is 10.6. The Morgan fingerprint density at radius 3 is 2.78 bits per heavy atom. The van der Waals surface area contributed by atoms with Crippen LogP contribution in [0.25, 0.3) is 5.65 Å². The molecule has 2 aromatic heterocycles. The van der Waals surface area contributed by atoms with Crippen molar-refractivity contribution < 1.29 is 4.79 Å². The van der Waals surface area contributed by atoms with Gasteiger partial charge in [-0.1, -0.05) is 13.0 Å². The van der Waals surface area contributed by atoms with Crippen LogP contribution < -0.4 is 10.9 Å². The first-order chi connectivity index (χ1) is 8.52. The maximum atomic E-state index is 12.3. The quantitative estimate of drug-likeness (QED) is 0.875. The van der Waals surface area contributed by atoms with Gasteiger partial charge in [0.1, 0.15) is 11.3 Å². The number of pyridine rings is 1. The van der Waals surface area contributed by atoms with Crippen molar-refractivity contribution in [3.63, 3.8) is 0 Å². The molecule has 0 spiro atoms. The Labute approximate surface area is 104 Å². The number of rotatable bonds is 2. The molecular weight excluding hydrogens is 230 g/mol. The first-order valence-corrected chi connectivity index (χ1v) is 5.82. The third kappa shape index (κ3) is 2.11. The zero-order valence-corrected chi connectivity index (χ0v) is 10.7. The number of aromatic nitrogens is 2. The number of carbonyl (C=O) groups is 1. The molecule has 2 aromatic rings. The summed E-state index contributed by atoms with van der Waals surface area (Å²) in [5.74, 6) is -0.190. The van der Waals surface area contributed by atoms with Gasteiger partial charge in [-0.15, -0.1) is 0 Å². The van der Waals surface area contributed by atoms with E-state index in [2.05, 4.69) is 10.3 Å². The molecule has 0 fully saturated rings. The van der Waals surface area contributed by atoms with Crippen molar-refractivity contribution in [3.05, 3.63) is 39.9 Å². The molecule has 0 aliphatic rings. The van der Waals surface area contributed by atoms with Crippen LogP contribution in [0.1, 0.15) is 24.6 Å². The maximum Gasteiger partial charge on any atom is 0.281 e. The number of anilines is 1. The van der Waals surface area contributed by atoms with Gasteiger partial charge in [0.15, 0.2) is 0 Å². The Bertz CT molecular complexity index is 674. The topological polar surface area (TPSA) is 63.5 Å². The van der Waals surface area contributed by atoms with Crippen LogP contribution in [0.4, 0.5) is 5.69 Å². The van der Waals surface area contributed by atoms with Gasteiger partial charge in [0, 0.05) is 12.6 Å². The Morgan fingerprint density at radius 1 is 1.39 bits per heavy atom. The molecule has 0 aliphatic heterocycles. The van der Waals surface area contributed by atoms with Crippen LogP contribution in [-0.2, 0) is 4.79 Å². The largest absolute Gasteiger partial charge is 0.320 e. The molecule has 5 nitrogen and oxygen atoms in total. The lowest BCUT2D eigenvalue weighted by atomic mass is 10.3. The van der Waals surface area contributed by atoms with Crippen LogP contribution >= 0.6 is 0 Å². The second-order valence-corrected chi connectivity index (χ2v) is 4.21. The highest BCUT2D eigenvalue weighted by Gasteiger charge is 2.11. The molecule has 1 N–H and O–H groups in total. The van der Waals surface area contributed by atoms with Crippen LogP contribution in [0.5, 0.6) is 0 Å². The van der Waals surface area contributed by atoms with E-state index in [0.717, 1.165) is 5.56 Å². The fourth-order valence-electron chi connectivity index (χ4n) is 1.73. The lowest BCUT2D eigenvalue weighted by molar-refractivity contribution is -0.115. The molecule has 0 aromatic carbocycles. The molecular formula is C13H15N3O2. The summed E-state index contributed by atoms with van der Waals surface area (Å²) >= 11 is 0. The molecule has 2 heterocycles. The predicted molar refractivity (Wildman–Crippen MR) is 69.9 cm³/mol. The van der Waals surface area contributed by atoms with Gasteiger partial charge < -0.3 is 5.32 Å². The molecule has 18 heavy (non-hydrogen) atoms. The van der Waals surface area contributed by atoms with Gasteiger partial charge in [-0.05, 0) is 25.5 Å². The van der Waals surface area contributed by atoms with Crippen molar-refractivity contribution in [2.45, 2.75) is 27.2 Å². The van der Waals surface area contributed by atoms with E-state index in [1.54, 1.807) is 26.1 Å². The van der Waals surface area contributed by atoms with Crippen molar-refractivity contribution in [2.75, 3.05) is 5.32 Å². The van der Waals surface area contributed by atoms with Crippen LogP contribution in [-0.4, -0.2) is 15.3 Å². The lowest BCUT2D eigenvalue weighted by Gasteiger charge is -2.09. The Hall–Kier alpha value is -2.17. The third-order valence-corrected chi connectivity index (χ3v) is 2.74. The number of nitrogens with one attached hydrogen (secondary N) is 1. The zero-order valence-electron chi connectivity index (χ0n) is 10.7. The van der Waals surface area contributed by atoms with E-state index in [9.17, 15) is 9.59 Å². The monoisotopic (exact) mass is 245 g/mol. The summed E-state index contributed by atoms with van der Waals surface area (Å²) in [7, 11) is 0. The first kappa shape index (κ1) is 12.3. The van der Waals surface area contributed by atoms with E-state index < -0.39 is 0 Å². The van der Waals surface area contributed by atoms with Gasteiger partial charge in [-0.2, -0.15) is 0 Å². The number of amides is 1. The van der Waals surface area contributed by atoms with Gasteiger partial charge in [0.25, 0.3) is 5.56 Å². The number of aryl methyl sites for hydroxylation is 2. The van der Waals surface area contributed by atoms with Crippen LogP contribution in [0.3, 0.4) is 0 Å². The molecule has 0 bridgehead atoms. The van der Waals surface area contributed by atoms with Crippen molar-refractivity contribution in [2.24, 2.45) is 0 Å².